The van der Waals surface area contributed by atoms with Gasteiger partial charge in [0.1, 0.15) is 0 Å². The number of carbonyl (C=O) groups excluding carboxylic acids is 2. The number of nitrogens with zero attached hydrogens (tertiary/aromatic N) is 2. The van der Waals surface area contributed by atoms with E-state index in [0.29, 0.717) is 12.1 Å². The van der Waals surface area contributed by atoms with Crippen LogP contribution >= 0.6 is 0 Å². The molecule has 216 valence electrons. The Balaban J connectivity index is 1.47. The third-order valence-corrected chi connectivity index (χ3v) is 7.43. The number of methoxy groups -OCH3 is 1. The van der Waals surface area contributed by atoms with Crippen molar-refractivity contribution in [3.63, 3.8) is 0 Å². The van der Waals surface area contributed by atoms with Crippen molar-refractivity contribution < 1.29 is 14.3 Å². The van der Waals surface area contributed by atoms with E-state index in [4.69, 9.17) is 4.74 Å². The van der Waals surface area contributed by atoms with Gasteiger partial charge in [-0.1, -0.05) is 60.7 Å². The molecule has 0 fully saturated rings. The van der Waals surface area contributed by atoms with Crippen LogP contribution in [0.3, 0.4) is 0 Å². The van der Waals surface area contributed by atoms with E-state index >= 15 is 0 Å². The minimum absolute atomic E-state index is 0.114. The molecule has 0 spiro atoms. The summed E-state index contributed by atoms with van der Waals surface area (Å²) >= 11 is 0. The lowest BCUT2D eigenvalue weighted by Gasteiger charge is -2.24. The molecule has 1 amide bonds. The molecule has 6 heteroatoms. The third kappa shape index (κ3) is 6.93. The van der Waals surface area contributed by atoms with Crippen molar-refractivity contribution in [2.75, 3.05) is 43.4 Å². The Labute approximate surface area is 252 Å². The molecule has 0 saturated heterocycles. The predicted molar refractivity (Wildman–Crippen MR) is 178 cm³/mol. The lowest BCUT2D eigenvalue weighted by atomic mass is 10.0. The molecule has 0 atom stereocenters. The van der Waals surface area contributed by atoms with E-state index in [-0.39, 0.29) is 5.91 Å². The van der Waals surface area contributed by atoms with Crippen molar-refractivity contribution in [2.24, 2.45) is 0 Å². The van der Waals surface area contributed by atoms with Gasteiger partial charge >= 0.3 is 5.97 Å². The zero-order valence-electron chi connectivity index (χ0n) is 24.9. The number of ether oxygens (including phenoxy) is 1. The SMILES string of the molecule is CNc1ccc2cc(C(=O)N(Cc3ccc(-c4ccc(N(C)C)cc4)cc3)c3cccc(C=CC(=O)OC)c3)ccc2c1. The first-order valence-electron chi connectivity index (χ1n) is 14.1. The maximum absolute atomic E-state index is 14.1. The second kappa shape index (κ2) is 13.1. The molecule has 0 aromatic heterocycles. The second-order valence-electron chi connectivity index (χ2n) is 10.5. The summed E-state index contributed by atoms with van der Waals surface area (Å²) < 4.78 is 4.74. The summed E-state index contributed by atoms with van der Waals surface area (Å²) in [7, 11) is 7.29. The highest BCUT2D eigenvalue weighted by Crippen LogP contribution is 2.27. The van der Waals surface area contributed by atoms with Crippen molar-refractivity contribution in [3.05, 3.63) is 132 Å². The molecule has 0 aliphatic carbocycles. The zero-order chi connectivity index (χ0) is 30.3. The Hall–Kier alpha value is -5.36. The molecule has 5 rings (SSSR count). The monoisotopic (exact) mass is 569 g/mol. The molecule has 1 N–H and O–H groups in total. The van der Waals surface area contributed by atoms with Gasteiger partial charge in [-0.25, -0.2) is 4.79 Å². The summed E-state index contributed by atoms with van der Waals surface area (Å²) in [6.07, 6.45) is 3.06. The van der Waals surface area contributed by atoms with Crippen molar-refractivity contribution in [2.45, 2.75) is 6.54 Å². The number of benzene rings is 5. The Morgan fingerprint density at radius 2 is 1.44 bits per heavy atom. The second-order valence-corrected chi connectivity index (χ2v) is 10.5. The first kappa shape index (κ1) is 29.1. The molecule has 0 aliphatic rings. The minimum atomic E-state index is -0.438. The fourth-order valence-electron chi connectivity index (χ4n) is 4.94. The first-order valence-corrected chi connectivity index (χ1v) is 14.1. The molecule has 0 heterocycles. The Morgan fingerprint density at radius 3 is 2.12 bits per heavy atom. The molecule has 0 aliphatic heterocycles. The summed E-state index contributed by atoms with van der Waals surface area (Å²) in [5, 5.41) is 5.20. The van der Waals surface area contributed by atoms with Gasteiger partial charge in [0.2, 0.25) is 0 Å². The van der Waals surface area contributed by atoms with Crippen LogP contribution in [0.25, 0.3) is 28.0 Å². The maximum Gasteiger partial charge on any atom is 0.330 e. The largest absolute Gasteiger partial charge is 0.466 e. The fourth-order valence-corrected chi connectivity index (χ4v) is 4.94. The highest BCUT2D eigenvalue weighted by atomic mass is 16.5. The first-order chi connectivity index (χ1) is 20.8. The number of carbonyl (C=O) groups is 2. The average Bonchev–Trinajstić information content (AvgIpc) is 3.05. The third-order valence-electron chi connectivity index (χ3n) is 7.43. The number of hydrogen-bond donors (Lipinski definition) is 1. The van der Waals surface area contributed by atoms with Crippen LogP contribution in [-0.4, -0.2) is 40.1 Å². The highest BCUT2D eigenvalue weighted by molar-refractivity contribution is 6.08. The molecule has 0 bridgehead atoms. The molecule has 0 saturated carbocycles. The van der Waals surface area contributed by atoms with Gasteiger partial charge in [0.15, 0.2) is 0 Å². The van der Waals surface area contributed by atoms with Gasteiger partial charge in [0, 0.05) is 49.8 Å². The number of amides is 1. The van der Waals surface area contributed by atoms with Gasteiger partial charge in [-0.3, -0.25) is 4.79 Å². The number of esters is 1. The maximum atomic E-state index is 14.1. The number of fused-ring (bicyclic) bond motifs is 1. The molecule has 6 nitrogen and oxygen atoms in total. The minimum Gasteiger partial charge on any atom is -0.466 e. The molecule has 43 heavy (non-hydrogen) atoms. The summed E-state index contributed by atoms with van der Waals surface area (Å²) in [6.45, 7) is 0.375. The standard InChI is InChI=1S/C37H35N3O3/c1-38-33-18-15-30-23-32(14-13-31(30)24-33)37(42)40(35-7-5-6-26(22-35)10-21-36(41)43-4)25-27-8-11-28(12-9-27)29-16-19-34(20-17-29)39(2)3/h5-24,38H,25H2,1-4H3. The van der Waals surface area contributed by atoms with Gasteiger partial charge in [0.05, 0.1) is 13.7 Å². The average molecular weight is 570 g/mol. The Morgan fingerprint density at radius 1 is 0.767 bits per heavy atom. The van der Waals surface area contributed by atoms with Gasteiger partial charge in [-0.05, 0) is 87.6 Å². The van der Waals surface area contributed by atoms with E-state index in [1.54, 1.807) is 11.0 Å². The predicted octanol–water partition coefficient (Wildman–Crippen LogP) is 7.65. The number of rotatable bonds is 9. The van der Waals surface area contributed by atoms with E-state index in [0.717, 1.165) is 50.1 Å². The van der Waals surface area contributed by atoms with Crippen LogP contribution in [0.15, 0.2) is 115 Å². The normalized spacial score (nSPS) is 11.0. The van der Waals surface area contributed by atoms with E-state index in [1.807, 2.05) is 75.7 Å². The Kier molecular flexibility index (Phi) is 8.87. The van der Waals surface area contributed by atoms with Crippen LogP contribution in [0.5, 0.6) is 0 Å². The molecular weight excluding hydrogens is 534 g/mol. The van der Waals surface area contributed by atoms with Gasteiger partial charge in [-0.15, -0.1) is 0 Å². The summed E-state index contributed by atoms with van der Waals surface area (Å²) in [5.74, 6) is -0.551. The van der Waals surface area contributed by atoms with Crippen molar-refractivity contribution in [1.29, 1.82) is 0 Å². The Bertz CT molecular complexity index is 1770. The van der Waals surface area contributed by atoms with E-state index in [1.165, 1.54) is 13.2 Å². The summed E-state index contributed by atoms with van der Waals surface area (Å²) in [6, 6.07) is 36.2. The highest BCUT2D eigenvalue weighted by Gasteiger charge is 2.19. The van der Waals surface area contributed by atoms with Crippen LogP contribution in [0.4, 0.5) is 17.1 Å². The quantitative estimate of drug-likeness (QED) is 0.146. The van der Waals surface area contributed by atoms with Crippen LogP contribution < -0.4 is 15.1 Å². The summed E-state index contributed by atoms with van der Waals surface area (Å²) in [5.41, 5.74) is 7.51. The summed E-state index contributed by atoms with van der Waals surface area (Å²) in [4.78, 5) is 29.7. The lowest BCUT2D eigenvalue weighted by Crippen LogP contribution is -2.30. The van der Waals surface area contributed by atoms with Crippen LogP contribution in [0.2, 0.25) is 0 Å². The van der Waals surface area contributed by atoms with Gasteiger partial charge in [-0.2, -0.15) is 0 Å². The van der Waals surface area contributed by atoms with E-state index in [9.17, 15) is 9.59 Å². The zero-order valence-corrected chi connectivity index (χ0v) is 24.9. The number of anilines is 3. The van der Waals surface area contributed by atoms with Crippen molar-refractivity contribution in [1.82, 2.24) is 0 Å². The smallest absolute Gasteiger partial charge is 0.330 e. The number of hydrogen-bond acceptors (Lipinski definition) is 5. The molecule has 0 unspecified atom stereocenters. The molecule has 0 radical (unpaired) electrons. The van der Waals surface area contributed by atoms with Crippen LogP contribution in [-0.2, 0) is 16.1 Å². The lowest BCUT2D eigenvalue weighted by molar-refractivity contribution is -0.134. The van der Waals surface area contributed by atoms with Crippen LogP contribution in [0, 0.1) is 0 Å². The van der Waals surface area contributed by atoms with Crippen molar-refractivity contribution >= 4 is 45.8 Å². The van der Waals surface area contributed by atoms with E-state index < -0.39 is 5.97 Å². The topological polar surface area (TPSA) is 61.9 Å². The van der Waals surface area contributed by atoms with Gasteiger partial charge < -0.3 is 19.9 Å². The number of nitrogens with one attached hydrogen (secondary N) is 1. The molecular formula is C37H35N3O3. The fraction of sp³-hybridized carbons (Fsp3) is 0.135. The molecule has 5 aromatic carbocycles. The van der Waals surface area contributed by atoms with Crippen molar-refractivity contribution in [3.8, 4) is 11.1 Å². The van der Waals surface area contributed by atoms with Gasteiger partial charge in [0.25, 0.3) is 5.91 Å². The van der Waals surface area contributed by atoms with E-state index in [2.05, 4.69) is 64.8 Å². The van der Waals surface area contributed by atoms with Crippen LogP contribution in [0.1, 0.15) is 21.5 Å². The molecule has 5 aromatic rings.